The minimum atomic E-state index is 0.580. The van der Waals surface area contributed by atoms with Crippen LogP contribution in [0.1, 0.15) is 0 Å². The smallest absolute Gasteiger partial charge is 0.233 e. The van der Waals surface area contributed by atoms with Crippen LogP contribution in [0, 0.1) is 0 Å². The van der Waals surface area contributed by atoms with Crippen molar-refractivity contribution >= 4 is 76.2 Å². The molecule has 0 N–H and O–H groups in total. The lowest BCUT2D eigenvalue weighted by Crippen LogP contribution is -2.02. The summed E-state index contributed by atoms with van der Waals surface area (Å²) in [7, 11) is 0. The van der Waals surface area contributed by atoms with Crippen LogP contribution in [0.15, 0.2) is 144 Å². The summed E-state index contributed by atoms with van der Waals surface area (Å²) in [5.74, 6) is 1.45. The highest BCUT2D eigenvalue weighted by atomic mass is 16.3. The molecule has 7 aromatic carbocycles. The highest BCUT2D eigenvalue weighted by molar-refractivity contribution is 6.16. The molecule has 0 aliphatic carbocycles. The molecule has 0 spiro atoms. The van der Waals surface area contributed by atoms with Crippen molar-refractivity contribution < 1.29 is 4.42 Å². The summed E-state index contributed by atoms with van der Waals surface area (Å²) in [5, 5.41) is 11.5. The summed E-state index contributed by atoms with van der Waals surface area (Å²) in [6.07, 6.45) is 0. The van der Waals surface area contributed by atoms with Gasteiger partial charge in [0, 0.05) is 21.7 Å². The van der Waals surface area contributed by atoms with Gasteiger partial charge in [-0.25, -0.2) is 4.98 Å². The number of rotatable bonds is 2. The largest absolute Gasteiger partial charge is 0.437 e. The summed E-state index contributed by atoms with van der Waals surface area (Å²) >= 11 is 0. The van der Waals surface area contributed by atoms with Crippen molar-refractivity contribution in [3.63, 3.8) is 0 Å². The minimum Gasteiger partial charge on any atom is -0.437 e. The van der Waals surface area contributed by atoms with Gasteiger partial charge < -0.3 is 4.42 Å². The van der Waals surface area contributed by atoms with Gasteiger partial charge in [0.25, 0.3) is 0 Å². The van der Waals surface area contributed by atoms with E-state index in [-0.39, 0.29) is 0 Å². The number of aromatic nitrogens is 3. The van der Waals surface area contributed by atoms with Gasteiger partial charge in [-0.05, 0) is 62.6 Å². The minimum absolute atomic E-state index is 0.580. The van der Waals surface area contributed by atoms with Crippen molar-refractivity contribution in [3.8, 4) is 17.2 Å². The Morgan fingerprint density at radius 2 is 1.11 bits per heavy atom. The third kappa shape index (κ3) is 3.28. The molecule has 0 saturated heterocycles. The lowest BCUT2D eigenvalue weighted by atomic mass is 10.00. The maximum Gasteiger partial charge on any atom is 0.233 e. The van der Waals surface area contributed by atoms with E-state index in [1.807, 2.05) is 18.2 Å². The zero-order valence-corrected chi connectivity index (χ0v) is 23.5. The standard InChI is InChI=1S/C40H23N3O/c1-2-11-27-23-35-33(21-26(27)10-1)30-13-5-7-15-34(30)43(35)39-37-31-14-6-8-16-36(31)44-40(37)42-38(41-39)28-20-19-25-18-17-24-9-3-4-12-29(24)32(25)22-28/h1-23H. The SMILES string of the molecule is c1ccc2cc3c(cc2c1)c1ccccc1n3-c1nc(-c2ccc3ccc4ccccc4c3c2)nc2oc3ccccc3c12. The molecule has 10 rings (SSSR count). The van der Waals surface area contributed by atoms with Crippen LogP contribution >= 0.6 is 0 Å². The lowest BCUT2D eigenvalue weighted by Gasteiger charge is -2.12. The van der Waals surface area contributed by atoms with Gasteiger partial charge in [0.05, 0.1) is 16.4 Å². The highest BCUT2D eigenvalue weighted by Gasteiger charge is 2.22. The zero-order chi connectivity index (χ0) is 28.8. The van der Waals surface area contributed by atoms with Gasteiger partial charge in [-0.15, -0.1) is 0 Å². The third-order valence-corrected chi connectivity index (χ3v) is 8.98. The van der Waals surface area contributed by atoms with Crippen LogP contribution in [-0.4, -0.2) is 14.5 Å². The molecule has 0 aliphatic heterocycles. The molecule has 3 aromatic heterocycles. The fourth-order valence-electron chi connectivity index (χ4n) is 6.92. The number of furan rings is 1. The van der Waals surface area contributed by atoms with Crippen molar-refractivity contribution in [2.75, 3.05) is 0 Å². The molecule has 0 unspecified atom stereocenters. The van der Waals surface area contributed by atoms with Crippen LogP contribution in [0.5, 0.6) is 0 Å². The molecular formula is C40H23N3O. The molecule has 0 fully saturated rings. The predicted molar refractivity (Wildman–Crippen MR) is 182 cm³/mol. The molecule has 0 saturated carbocycles. The maximum absolute atomic E-state index is 6.44. The molecule has 3 heterocycles. The number of fused-ring (bicyclic) bond motifs is 10. The first kappa shape index (κ1) is 23.6. The van der Waals surface area contributed by atoms with E-state index in [4.69, 9.17) is 14.4 Å². The van der Waals surface area contributed by atoms with E-state index in [0.29, 0.717) is 11.5 Å². The molecule has 4 heteroatoms. The van der Waals surface area contributed by atoms with Gasteiger partial charge in [0.1, 0.15) is 5.58 Å². The summed E-state index contributed by atoms with van der Waals surface area (Å²) in [6, 6.07) is 49.2. The summed E-state index contributed by atoms with van der Waals surface area (Å²) in [5.41, 5.74) is 4.52. The second-order valence-electron chi connectivity index (χ2n) is 11.4. The first-order valence-corrected chi connectivity index (χ1v) is 14.8. The first-order chi connectivity index (χ1) is 21.8. The number of nitrogens with zero attached hydrogens (tertiary/aromatic N) is 3. The van der Waals surface area contributed by atoms with E-state index in [9.17, 15) is 0 Å². The molecule has 0 bridgehead atoms. The van der Waals surface area contributed by atoms with Gasteiger partial charge in [-0.1, -0.05) is 109 Å². The van der Waals surface area contributed by atoms with Crippen LogP contribution < -0.4 is 0 Å². The second kappa shape index (κ2) is 8.76. The highest BCUT2D eigenvalue weighted by Crippen LogP contribution is 2.40. The van der Waals surface area contributed by atoms with Gasteiger partial charge in [-0.2, -0.15) is 4.98 Å². The zero-order valence-electron chi connectivity index (χ0n) is 23.5. The molecule has 4 nitrogen and oxygen atoms in total. The van der Waals surface area contributed by atoms with E-state index >= 15 is 0 Å². The third-order valence-electron chi connectivity index (χ3n) is 8.98. The molecule has 204 valence electrons. The van der Waals surface area contributed by atoms with E-state index in [1.165, 1.54) is 43.1 Å². The van der Waals surface area contributed by atoms with Gasteiger partial charge in [0.15, 0.2) is 11.6 Å². The van der Waals surface area contributed by atoms with Gasteiger partial charge in [-0.3, -0.25) is 4.57 Å². The van der Waals surface area contributed by atoms with Crippen LogP contribution in [-0.2, 0) is 0 Å². The fourth-order valence-corrected chi connectivity index (χ4v) is 6.92. The number of hydrogen-bond acceptors (Lipinski definition) is 3. The quantitative estimate of drug-likeness (QED) is 0.197. The van der Waals surface area contributed by atoms with Crippen LogP contribution in [0.4, 0.5) is 0 Å². The molecular weight excluding hydrogens is 538 g/mol. The normalized spacial score (nSPS) is 12.1. The van der Waals surface area contributed by atoms with Crippen molar-refractivity contribution in [3.05, 3.63) is 140 Å². The Labute approximate surface area is 251 Å². The van der Waals surface area contributed by atoms with E-state index in [0.717, 1.165) is 38.8 Å². The van der Waals surface area contributed by atoms with Crippen LogP contribution in [0.3, 0.4) is 0 Å². The summed E-state index contributed by atoms with van der Waals surface area (Å²) in [6.45, 7) is 0. The van der Waals surface area contributed by atoms with Gasteiger partial charge >= 0.3 is 0 Å². The predicted octanol–water partition coefficient (Wildman–Crippen LogP) is 10.6. The fraction of sp³-hybridized carbons (Fsp3) is 0. The molecule has 0 amide bonds. The van der Waals surface area contributed by atoms with E-state index in [2.05, 4.69) is 126 Å². The molecule has 10 aromatic rings. The molecule has 0 radical (unpaired) electrons. The lowest BCUT2D eigenvalue weighted by molar-refractivity contribution is 0.653. The van der Waals surface area contributed by atoms with Crippen molar-refractivity contribution in [2.24, 2.45) is 0 Å². The van der Waals surface area contributed by atoms with Crippen LogP contribution in [0.2, 0.25) is 0 Å². The Hall–Kier alpha value is -6.00. The monoisotopic (exact) mass is 561 g/mol. The molecule has 44 heavy (non-hydrogen) atoms. The molecule has 0 atom stereocenters. The Morgan fingerprint density at radius 1 is 0.455 bits per heavy atom. The number of para-hydroxylation sites is 2. The Bertz CT molecular complexity index is 2790. The van der Waals surface area contributed by atoms with Crippen molar-refractivity contribution in [1.82, 2.24) is 14.5 Å². The number of benzene rings is 7. The average Bonchev–Trinajstić information content (AvgIpc) is 3.62. The summed E-state index contributed by atoms with van der Waals surface area (Å²) < 4.78 is 8.74. The summed E-state index contributed by atoms with van der Waals surface area (Å²) in [4.78, 5) is 10.5. The van der Waals surface area contributed by atoms with E-state index in [1.54, 1.807) is 0 Å². The average molecular weight is 562 g/mol. The number of hydrogen-bond donors (Lipinski definition) is 0. The van der Waals surface area contributed by atoms with Crippen molar-refractivity contribution in [1.29, 1.82) is 0 Å². The first-order valence-electron chi connectivity index (χ1n) is 14.8. The Morgan fingerprint density at radius 3 is 1.98 bits per heavy atom. The second-order valence-corrected chi connectivity index (χ2v) is 11.4. The maximum atomic E-state index is 6.44. The molecule has 0 aliphatic rings. The van der Waals surface area contributed by atoms with Crippen molar-refractivity contribution in [2.45, 2.75) is 0 Å². The van der Waals surface area contributed by atoms with Gasteiger partial charge in [0.2, 0.25) is 5.71 Å². The Balaban J connectivity index is 1.35. The van der Waals surface area contributed by atoms with Crippen LogP contribution in [0.25, 0.3) is 93.4 Å². The Kier molecular flexibility index (Phi) is 4.69. The van der Waals surface area contributed by atoms with E-state index < -0.39 is 0 Å². The topological polar surface area (TPSA) is 43.9 Å².